The molecular formula is C17H36O3. The standard InChI is InChI=1S/C17H36O3/c1-6-10-11-12-13-14-15-16(7-2)17(18-5,19-8-3)20-9-4/h16H,6-15H2,1-5H3. The number of methoxy groups -OCH3 is 1. The molecule has 0 saturated carbocycles. The van der Waals surface area contributed by atoms with Gasteiger partial charge in [0.05, 0.1) is 0 Å². The van der Waals surface area contributed by atoms with E-state index >= 15 is 0 Å². The first-order chi connectivity index (χ1) is 9.70. The highest BCUT2D eigenvalue weighted by molar-refractivity contribution is 4.70. The van der Waals surface area contributed by atoms with E-state index in [0.717, 1.165) is 12.8 Å². The summed E-state index contributed by atoms with van der Waals surface area (Å²) < 4.78 is 17.3. The Kier molecular flexibility index (Phi) is 12.5. The average molecular weight is 288 g/mol. The average Bonchev–Trinajstić information content (AvgIpc) is 2.46. The van der Waals surface area contributed by atoms with Gasteiger partial charge >= 0.3 is 0 Å². The molecule has 1 unspecified atom stereocenters. The van der Waals surface area contributed by atoms with Gasteiger partial charge in [0.25, 0.3) is 5.97 Å². The third kappa shape index (κ3) is 7.05. The summed E-state index contributed by atoms with van der Waals surface area (Å²) in [4.78, 5) is 0. The SMILES string of the molecule is CCCCCCCCC(CC)C(OC)(OCC)OCC. The molecule has 0 aromatic carbocycles. The lowest BCUT2D eigenvalue weighted by molar-refractivity contribution is -0.395. The van der Waals surface area contributed by atoms with Gasteiger partial charge in [0.1, 0.15) is 0 Å². The van der Waals surface area contributed by atoms with Crippen LogP contribution in [-0.2, 0) is 14.2 Å². The van der Waals surface area contributed by atoms with Crippen LogP contribution in [0.5, 0.6) is 0 Å². The molecule has 0 aromatic heterocycles. The fourth-order valence-electron chi connectivity index (χ4n) is 2.77. The minimum Gasteiger partial charge on any atom is -0.331 e. The van der Waals surface area contributed by atoms with Crippen LogP contribution >= 0.6 is 0 Å². The number of ether oxygens (including phenoxy) is 3. The molecule has 122 valence electrons. The fourth-order valence-corrected chi connectivity index (χ4v) is 2.77. The van der Waals surface area contributed by atoms with Crippen molar-refractivity contribution in [2.24, 2.45) is 5.92 Å². The summed E-state index contributed by atoms with van der Waals surface area (Å²) in [5.41, 5.74) is 0. The van der Waals surface area contributed by atoms with Crippen molar-refractivity contribution in [2.45, 2.75) is 85.0 Å². The molecule has 0 bridgehead atoms. The summed E-state index contributed by atoms with van der Waals surface area (Å²) in [5, 5.41) is 0. The van der Waals surface area contributed by atoms with Crippen molar-refractivity contribution in [3.05, 3.63) is 0 Å². The van der Waals surface area contributed by atoms with Gasteiger partial charge < -0.3 is 14.2 Å². The van der Waals surface area contributed by atoms with Crippen LogP contribution in [-0.4, -0.2) is 26.3 Å². The van der Waals surface area contributed by atoms with E-state index < -0.39 is 5.97 Å². The summed E-state index contributed by atoms with van der Waals surface area (Å²) in [6.07, 6.45) is 10.0. The maximum Gasteiger partial charge on any atom is 0.285 e. The van der Waals surface area contributed by atoms with Gasteiger partial charge in [-0.05, 0) is 26.7 Å². The summed E-state index contributed by atoms with van der Waals surface area (Å²) in [5.74, 6) is -0.541. The molecule has 0 aliphatic heterocycles. The van der Waals surface area contributed by atoms with E-state index in [1.165, 1.54) is 38.5 Å². The van der Waals surface area contributed by atoms with Crippen molar-refractivity contribution in [2.75, 3.05) is 20.3 Å². The maximum absolute atomic E-state index is 5.82. The highest BCUT2D eigenvalue weighted by atomic mass is 16.9. The molecule has 0 aliphatic carbocycles. The number of hydrogen-bond acceptors (Lipinski definition) is 3. The van der Waals surface area contributed by atoms with Crippen LogP contribution in [0, 0.1) is 5.92 Å². The molecular weight excluding hydrogens is 252 g/mol. The number of unbranched alkanes of at least 4 members (excludes halogenated alkanes) is 5. The third-order valence-electron chi connectivity index (χ3n) is 3.87. The Bertz CT molecular complexity index is 200. The molecule has 0 rings (SSSR count). The van der Waals surface area contributed by atoms with Gasteiger partial charge in [-0.1, -0.05) is 52.4 Å². The van der Waals surface area contributed by atoms with Gasteiger partial charge in [-0.3, -0.25) is 0 Å². The molecule has 3 nitrogen and oxygen atoms in total. The van der Waals surface area contributed by atoms with E-state index in [2.05, 4.69) is 13.8 Å². The minimum atomic E-state index is -0.846. The lowest BCUT2D eigenvalue weighted by Gasteiger charge is -2.37. The van der Waals surface area contributed by atoms with Crippen molar-refractivity contribution in [3.63, 3.8) is 0 Å². The second-order valence-electron chi connectivity index (χ2n) is 5.34. The van der Waals surface area contributed by atoms with E-state index in [9.17, 15) is 0 Å². The molecule has 20 heavy (non-hydrogen) atoms. The van der Waals surface area contributed by atoms with Gasteiger partial charge in [0, 0.05) is 26.2 Å². The van der Waals surface area contributed by atoms with E-state index in [1.807, 2.05) is 13.8 Å². The van der Waals surface area contributed by atoms with E-state index in [0.29, 0.717) is 19.1 Å². The van der Waals surface area contributed by atoms with Crippen LogP contribution in [0.2, 0.25) is 0 Å². The second kappa shape index (κ2) is 12.6. The van der Waals surface area contributed by atoms with Crippen LogP contribution in [0.15, 0.2) is 0 Å². The molecule has 0 spiro atoms. The summed E-state index contributed by atoms with van der Waals surface area (Å²) in [7, 11) is 1.69. The van der Waals surface area contributed by atoms with Crippen LogP contribution in [0.3, 0.4) is 0 Å². The lowest BCUT2D eigenvalue weighted by atomic mass is 9.95. The monoisotopic (exact) mass is 288 g/mol. The molecule has 0 aromatic rings. The molecule has 1 atom stereocenters. The first-order valence-electron chi connectivity index (χ1n) is 8.53. The smallest absolute Gasteiger partial charge is 0.285 e. The molecule has 0 aliphatic rings. The number of hydrogen-bond donors (Lipinski definition) is 0. The Hall–Kier alpha value is -0.120. The fraction of sp³-hybridized carbons (Fsp3) is 1.00. The highest BCUT2D eigenvalue weighted by Gasteiger charge is 2.39. The van der Waals surface area contributed by atoms with Crippen LogP contribution in [0.4, 0.5) is 0 Å². The predicted molar refractivity (Wildman–Crippen MR) is 84.8 cm³/mol. The van der Waals surface area contributed by atoms with Crippen molar-refractivity contribution in [1.29, 1.82) is 0 Å². The zero-order valence-corrected chi connectivity index (χ0v) is 14.4. The van der Waals surface area contributed by atoms with Gasteiger partial charge in [0.2, 0.25) is 0 Å². The Morgan fingerprint density at radius 2 is 1.35 bits per heavy atom. The summed E-state index contributed by atoms with van der Waals surface area (Å²) in [6, 6.07) is 0. The van der Waals surface area contributed by atoms with Gasteiger partial charge in [-0.2, -0.15) is 0 Å². The van der Waals surface area contributed by atoms with Crippen LogP contribution in [0.1, 0.15) is 79.1 Å². The van der Waals surface area contributed by atoms with E-state index in [4.69, 9.17) is 14.2 Å². The third-order valence-corrected chi connectivity index (χ3v) is 3.87. The zero-order chi connectivity index (χ0) is 15.3. The quantitative estimate of drug-likeness (QED) is 0.327. The Morgan fingerprint density at radius 1 is 0.800 bits per heavy atom. The normalized spacial score (nSPS) is 13.7. The largest absolute Gasteiger partial charge is 0.331 e. The molecule has 0 fully saturated rings. The molecule has 0 radical (unpaired) electrons. The first-order valence-corrected chi connectivity index (χ1v) is 8.53. The maximum atomic E-state index is 5.82. The first kappa shape index (κ1) is 19.9. The summed E-state index contributed by atoms with van der Waals surface area (Å²) in [6.45, 7) is 9.65. The number of rotatable bonds is 14. The predicted octanol–water partition coefficient (Wildman–Crippen LogP) is 5.14. The second-order valence-corrected chi connectivity index (χ2v) is 5.34. The van der Waals surface area contributed by atoms with Gasteiger partial charge in [-0.15, -0.1) is 0 Å². The van der Waals surface area contributed by atoms with Gasteiger partial charge in [0.15, 0.2) is 0 Å². The van der Waals surface area contributed by atoms with Crippen LogP contribution < -0.4 is 0 Å². The Balaban J connectivity index is 4.28. The van der Waals surface area contributed by atoms with Gasteiger partial charge in [-0.25, -0.2) is 0 Å². The van der Waals surface area contributed by atoms with E-state index in [1.54, 1.807) is 7.11 Å². The Labute approximate surface area is 126 Å². The van der Waals surface area contributed by atoms with E-state index in [-0.39, 0.29) is 0 Å². The molecule has 0 amide bonds. The van der Waals surface area contributed by atoms with Crippen molar-refractivity contribution in [1.82, 2.24) is 0 Å². The van der Waals surface area contributed by atoms with Crippen molar-refractivity contribution >= 4 is 0 Å². The zero-order valence-electron chi connectivity index (χ0n) is 14.4. The lowest BCUT2D eigenvalue weighted by Crippen LogP contribution is -2.45. The molecule has 0 N–H and O–H groups in total. The highest BCUT2D eigenvalue weighted by Crippen LogP contribution is 2.32. The summed E-state index contributed by atoms with van der Waals surface area (Å²) >= 11 is 0. The molecule has 0 heterocycles. The van der Waals surface area contributed by atoms with Crippen molar-refractivity contribution in [3.8, 4) is 0 Å². The molecule has 0 saturated heterocycles. The Morgan fingerprint density at radius 3 is 1.80 bits per heavy atom. The topological polar surface area (TPSA) is 27.7 Å². The van der Waals surface area contributed by atoms with Crippen molar-refractivity contribution < 1.29 is 14.2 Å². The molecule has 3 heteroatoms. The minimum absolute atomic E-state index is 0.304. The van der Waals surface area contributed by atoms with Crippen LogP contribution in [0.25, 0.3) is 0 Å².